The number of carbonyl (C=O) groups is 1. The van der Waals surface area contributed by atoms with E-state index in [0.717, 1.165) is 11.1 Å². The van der Waals surface area contributed by atoms with Gasteiger partial charge in [-0.1, -0.05) is 41.4 Å². The van der Waals surface area contributed by atoms with Gasteiger partial charge in [0.2, 0.25) is 0 Å². The maximum Gasteiger partial charge on any atom is 0.270 e. The Labute approximate surface area is 149 Å². The molecule has 1 heterocycles. The van der Waals surface area contributed by atoms with Crippen LogP contribution in [0.4, 0.5) is 5.95 Å². The molecule has 0 saturated carbocycles. The van der Waals surface area contributed by atoms with Crippen LogP contribution in [-0.4, -0.2) is 22.2 Å². The van der Waals surface area contributed by atoms with Crippen molar-refractivity contribution in [3.63, 3.8) is 0 Å². The zero-order valence-electron chi connectivity index (χ0n) is 13.7. The van der Waals surface area contributed by atoms with Gasteiger partial charge in [-0.15, -0.1) is 0 Å². The molecule has 0 aliphatic heterocycles. The van der Waals surface area contributed by atoms with Crippen LogP contribution < -0.4 is 10.1 Å². The maximum absolute atomic E-state index is 12.2. The van der Waals surface area contributed by atoms with Crippen molar-refractivity contribution in [3.8, 4) is 17.2 Å². The molecule has 0 aliphatic rings. The molecular weight excluding hydrogens is 342 g/mol. The lowest BCUT2D eigenvalue weighted by molar-refractivity contribution is -0.122. The largest absolute Gasteiger partial charge is 0.479 e. The molecule has 0 aliphatic carbocycles. The van der Waals surface area contributed by atoms with E-state index in [2.05, 4.69) is 15.5 Å². The van der Waals surface area contributed by atoms with Gasteiger partial charge in [0.1, 0.15) is 5.75 Å². The van der Waals surface area contributed by atoms with Crippen molar-refractivity contribution in [2.45, 2.75) is 20.0 Å². The number of nitrogens with one attached hydrogen (secondary N) is 1. The molecule has 6 nitrogen and oxygen atoms in total. The first kappa shape index (κ1) is 17.0. The fourth-order valence-corrected chi connectivity index (χ4v) is 2.35. The molecule has 128 valence electrons. The molecule has 1 aromatic heterocycles. The highest BCUT2D eigenvalue weighted by molar-refractivity contribution is 6.32. The SMILES string of the molecule is Cc1cccc(-c2nc(NC(=O)C(C)Oc3ccccc3Cl)no2)c1. The Bertz CT molecular complexity index is 895. The second-order valence-electron chi connectivity index (χ2n) is 5.47. The standard InChI is InChI=1S/C18H16ClN3O3/c1-11-6-5-7-13(10-11)17-21-18(22-25-17)20-16(23)12(2)24-15-9-4-3-8-14(15)19/h3-10,12H,1-2H3,(H,20,22,23). The lowest BCUT2D eigenvalue weighted by Gasteiger charge is -2.14. The minimum absolute atomic E-state index is 0.0797. The molecule has 0 saturated heterocycles. The van der Waals surface area contributed by atoms with Gasteiger partial charge < -0.3 is 9.26 Å². The zero-order valence-corrected chi connectivity index (χ0v) is 14.4. The number of aryl methyl sites for hydroxylation is 1. The molecule has 0 bridgehead atoms. The van der Waals surface area contributed by atoms with Crippen molar-refractivity contribution < 1.29 is 14.1 Å². The zero-order chi connectivity index (χ0) is 17.8. The van der Waals surface area contributed by atoms with Crippen LogP contribution in [0.3, 0.4) is 0 Å². The third-order valence-electron chi connectivity index (χ3n) is 3.44. The molecule has 25 heavy (non-hydrogen) atoms. The number of benzene rings is 2. The van der Waals surface area contributed by atoms with Crippen molar-refractivity contribution in [1.82, 2.24) is 10.1 Å². The van der Waals surface area contributed by atoms with Gasteiger partial charge in [0, 0.05) is 5.56 Å². The van der Waals surface area contributed by atoms with Gasteiger partial charge in [-0.05, 0) is 43.3 Å². The van der Waals surface area contributed by atoms with E-state index in [1.807, 2.05) is 31.2 Å². The molecule has 2 aromatic carbocycles. The van der Waals surface area contributed by atoms with Gasteiger partial charge in [-0.25, -0.2) is 0 Å². The highest BCUT2D eigenvalue weighted by atomic mass is 35.5. The number of aromatic nitrogens is 2. The van der Waals surface area contributed by atoms with Crippen LogP contribution in [0, 0.1) is 6.92 Å². The van der Waals surface area contributed by atoms with E-state index in [1.54, 1.807) is 31.2 Å². The number of hydrogen-bond acceptors (Lipinski definition) is 5. The third kappa shape index (κ3) is 4.16. The molecule has 0 fully saturated rings. The van der Waals surface area contributed by atoms with Crippen LogP contribution in [0.15, 0.2) is 53.1 Å². The van der Waals surface area contributed by atoms with Gasteiger partial charge in [-0.3, -0.25) is 10.1 Å². The quantitative estimate of drug-likeness (QED) is 0.743. The number of ether oxygens (including phenoxy) is 1. The summed E-state index contributed by atoms with van der Waals surface area (Å²) >= 11 is 6.02. The van der Waals surface area contributed by atoms with Gasteiger partial charge in [0.05, 0.1) is 5.02 Å². The molecule has 3 aromatic rings. The van der Waals surface area contributed by atoms with E-state index < -0.39 is 12.0 Å². The smallest absolute Gasteiger partial charge is 0.270 e. The van der Waals surface area contributed by atoms with Gasteiger partial charge in [-0.2, -0.15) is 4.98 Å². The van der Waals surface area contributed by atoms with Crippen LogP contribution in [0.1, 0.15) is 12.5 Å². The summed E-state index contributed by atoms with van der Waals surface area (Å²) < 4.78 is 10.7. The van der Waals surface area contributed by atoms with Crippen molar-refractivity contribution >= 4 is 23.5 Å². The summed E-state index contributed by atoms with van der Waals surface area (Å²) in [5, 5.41) is 6.77. The Morgan fingerprint density at radius 3 is 2.80 bits per heavy atom. The van der Waals surface area contributed by atoms with Gasteiger partial charge in [0.15, 0.2) is 6.10 Å². The fourth-order valence-electron chi connectivity index (χ4n) is 2.17. The topological polar surface area (TPSA) is 77.2 Å². The predicted octanol–water partition coefficient (Wildman–Crippen LogP) is 4.10. The number of carbonyl (C=O) groups excluding carboxylic acids is 1. The van der Waals surface area contributed by atoms with E-state index in [-0.39, 0.29) is 5.95 Å². The number of anilines is 1. The van der Waals surface area contributed by atoms with Crippen LogP contribution >= 0.6 is 11.6 Å². The molecular formula is C18H16ClN3O3. The van der Waals surface area contributed by atoms with Crippen LogP contribution in [0.2, 0.25) is 5.02 Å². The maximum atomic E-state index is 12.2. The minimum Gasteiger partial charge on any atom is -0.479 e. The molecule has 1 N–H and O–H groups in total. The molecule has 0 spiro atoms. The normalized spacial score (nSPS) is 11.8. The number of halogens is 1. The first-order valence-corrected chi connectivity index (χ1v) is 8.03. The lowest BCUT2D eigenvalue weighted by Crippen LogP contribution is -2.30. The Morgan fingerprint density at radius 2 is 2.04 bits per heavy atom. The second-order valence-corrected chi connectivity index (χ2v) is 5.88. The fraction of sp³-hybridized carbons (Fsp3) is 0.167. The average molecular weight is 358 g/mol. The molecule has 0 radical (unpaired) electrons. The van der Waals surface area contributed by atoms with Crippen molar-refractivity contribution in [3.05, 3.63) is 59.1 Å². The molecule has 1 amide bonds. The number of rotatable bonds is 5. The van der Waals surface area contributed by atoms with Crippen molar-refractivity contribution in [2.24, 2.45) is 0 Å². The highest BCUT2D eigenvalue weighted by Gasteiger charge is 2.19. The first-order valence-electron chi connectivity index (χ1n) is 7.66. The summed E-state index contributed by atoms with van der Waals surface area (Å²) in [4.78, 5) is 16.4. The summed E-state index contributed by atoms with van der Waals surface area (Å²) in [5.41, 5.74) is 1.86. The lowest BCUT2D eigenvalue weighted by atomic mass is 10.1. The van der Waals surface area contributed by atoms with Gasteiger partial charge in [0.25, 0.3) is 17.7 Å². The van der Waals surface area contributed by atoms with E-state index in [0.29, 0.717) is 16.7 Å². The summed E-state index contributed by atoms with van der Waals surface area (Å²) in [6.07, 6.45) is -0.777. The predicted molar refractivity (Wildman–Crippen MR) is 94.6 cm³/mol. The Hall–Kier alpha value is -2.86. The summed E-state index contributed by atoms with van der Waals surface area (Å²) in [5.74, 6) is 0.437. The second kappa shape index (κ2) is 7.36. The van der Waals surface area contributed by atoms with E-state index in [4.69, 9.17) is 20.9 Å². The van der Waals surface area contributed by atoms with Crippen LogP contribution in [0.25, 0.3) is 11.5 Å². The van der Waals surface area contributed by atoms with E-state index in [1.165, 1.54) is 0 Å². The van der Waals surface area contributed by atoms with Crippen molar-refractivity contribution in [2.75, 3.05) is 5.32 Å². The number of hydrogen-bond donors (Lipinski definition) is 1. The number of amides is 1. The Morgan fingerprint density at radius 1 is 1.24 bits per heavy atom. The highest BCUT2D eigenvalue weighted by Crippen LogP contribution is 2.24. The number of nitrogens with zero attached hydrogens (tertiary/aromatic N) is 2. The molecule has 1 unspecified atom stereocenters. The Kier molecular flexibility index (Phi) is 5.00. The molecule has 3 rings (SSSR count). The van der Waals surface area contributed by atoms with Gasteiger partial charge >= 0.3 is 0 Å². The van der Waals surface area contributed by atoms with E-state index in [9.17, 15) is 4.79 Å². The first-order chi connectivity index (χ1) is 12.0. The Balaban J connectivity index is 1.66. The summed E-state index contributed by atoms with van der Waals surface area (Å²) in [6, 6.07) is 14.6. The molecule has 1 atom stereocenters. The average Bonchev–Trinajstić information content (AvgIpc) is 3.05. The monoisotopic (exact) mass is 357 g/mol. The van der Waals surface area contributed by atoms with Crippen LogP contribution in [-0.2, 0) is 4.79 Å². The molecule has 7 heteroatoms. The summed E-state index contributed by atoms with van der Waals surface area (Å²) in [6.45, 7) is 3.58. The number of para-hydroxylation sites is 1. The minimum atomic E-state index is -0.777. The van der Waals surface area contributed by atoms with E-state index >= 15 is 0 Å². The van der Waals surface area contributed by atoms with Crippen molar-refractivity contribution in [1.29, 1.82) is 0 Å². The third-order valence-corrected chi connectivity index (χ3v) is 3.75. The summed E-state index contributed by atoms with van der Waals surface area (Å²) in [7, 11) is 0. The van der Waals surface area contributed by atoms with Crippen LogP contribution in [0.5, 0.6) is 5.75 Å².